The summed E-state index contributed by atoms with van der Waals surface area (Å²) < 4.78 is 11.7. The maximum Gasteiger partial charge on any atom is 0.201 e. The van der Waals surface area contributed by atoms with Gasteiger partial charge in [-0.15, -0.1) is 10.2 Å². The Morgan fingerprint density at radius 2 is 1.31 bits per heavy atom. The third-order valence-electron chi connectivity index (χ3n) is 4.16. The molecule has 0 spiro atoms. The lowest BCUT2D eigenvalue weighted by Gasteiger charge is -2.09. The molecule has 0 fully saturated rings. The summed E-state index contributed by atoms with van der Waals surface area (Å²) in [6, 6.07) is 24.8. The van der Waals surface area contributed by atoms with Crippen LogP contribution in [0.2, 0.25) is 0 Å². The average Bonchev–Trinajstić information content (AvgIpc) is 2.78. The molecule has 3 aromatic carbocycles. The molecule has 0 saturated heterocycles. The van der Waals surface area contributed by atoms with Crippen LogP contribution < -0.4 is 14.9 Å². The standard InChI is InChI=1S/C23H20N4O2/c1-2-10-18(11-3-1)23-26-24-19-12-4-6-14-21(19)28-16-8-9-17-29-22-15-7-5-13-20(22)25-27-23/h1-15,24H,16-17H2/b9-8+,26-23+,27-25?. The number of azo groups is 1. The first-order chi connectivity index (χ1) is 14.4. The van der Waals surface area contributed by atoms with E-state index in [1.165, 1.54) is 0 Å². The lowest BCUT2D eigenvalue weighted by Crippen LogP contribution is -2.03. The van der Waals surface area contributed by atoms with Gasteiger partial charge in [0.15, 0.2) is 0 Å². The molecule has 0 saturated carbocycles. The van der Waals surface area contributed by atoms with E-state index in [0.29, 0.717) is 36.2 Å². The zero-order valence-electron chi connectivity index (χ0n) is 15.7. The molecule has 0 aromatic heterocycles. The monoisotopic (exact) mass is 384 g/mol. The van der Waals surface area contributed by atoms with Crippen LogP contribution in [0.5, 0.6) is 11.5 Å². The first-order valence-corrected chi connectivity index (χ1v) is 9.30. The van der Waals surface area contributed by atoms with Crippen molar-refractivity contribution in [1.29, 1.82) is 0 Å². The number of nitrogens with one attached hydrogen (secondary N) is 1. The molecule has 1 heterocycles. The highest BCUT2D eigenvalue weighted by Crippen LogP contribution is 2.28. The van der Waals surface area contributed by atoms with Crippen molar-refractivity contribution in [1.82, 2.24) is 0 Å². The summed E-state index contributed by atoms with van der Waals surface area (Å²) >= 11 is 0. The van der Waals surface area contributed by atoms with E-state index in [1.807, 2.05) is 91.0 Å². The molecule has 29 heavy (non-hydrogen) atoms. The molecule has 1 N–H and O–H groups in total. The van der Waals surface area contributed by atoms with Crippen molar-refractivity contribution in [2.24, 2.45) is 15.3 Å². The average molecular weight is 384 g/mol. The molecule has 0 atom stereocenters. The summed E-state index contributed by atoms with van der Waals surface area (Å²) in [4.78, 5) is 0. The van der Waals surface area contributed by atoms with Gasteiger partial charge in [0.2, 0.25) is 5.84 Å². The van der Waals surface area contributed by atoms with Crippen molar-refractivity contribution in [3.05, 3.63) is 96.6 Å². The van der Waals surface area contributed by atoms with E-state index in [1.54, 1.807) is 0 Å². The number of anilines is 1. The number of nitrogens with zero attached hydrogens (tertiary/aromatic N) is 3. The molecule has 0 unspecified atom stereocenters. The number of hydrogen-bond donors (Lipinski definition) is 1. The van der Waals surface area contributed by atoms with Gasteiger partial charge in [-0.3, -0.25) is 5.43 Å². The SMILES string of the molecule is C1=C/COc2ccccc2N/N=C(\c2ccccc2)N=Nc2ccccc2OC/1. The van der Waals surface area contributed by atoms with Crippen molar-refractivity contribution >= 4 is 17.2 Å². The number of hydrogen-bond acceptors (Lipinski definition) is 6. The topological polar surface area (TPSA) is 67.6 Å². The van der Waals surface area contributed by atoms with Crippen LogP contribution in [0.1, 0.15) is 5.56 Å². The van der Waals surface area contributed by atoms with Gasteiger partial charge in [-0.05, 0) is 36.4 Å². The van der Waals surface area contributed by atoms with Gasteiger partial charge in [0.1, 0.15) is 30.4 Å². The van der Waals surface area contributed by atoms with Gasteiger partial charge in [-0.25, -0.2) is 0 Å². The Kier molecular flexibility index (Phi) is 5.93. The zero-order chi connectivity index (χ0) is 19.7. The fourth-order valence-electron chi connectivity index (χ4n) is 2.70. The van der Waals surface area contributed by atoms with Crippen molar-refractivity contribution in [2.45, 2.75) is 0 Å². The maximum atomic E-state index is 5.85. The highest BCUT2D eigenvalue weighted by atomic mass is 16.5. The van der Waals surface area contributed by atoms with Crippen molar-refractivity contribution in [3.8, 4) is 11.5 Å². The third-order valence-corrected chi connectivity index (χ3v) is 4.16. The number of ether oxygens (including phenoxy) is 2. The Morgan fingerprint density at radius 1 is 0.655 bits per heavy atom. The van der Waals surface area contributed by atoms with E-state index in [9.17, 15) is 0 Å². The smallest absolute Gasteiger partial charge is 0.201 e. The van der Waals surface area contributed by atoms with E-state index in [-0.39, 0.29) is 0 Å². The predicted molar refractivity (Wildman–Crippen MR) is 114 cm³/mol. The van der Waals surface area contributed by atoms with Crippen LogP contribution >= 0.6 is 0 Å². The first-order valence-electron chi connectivity index (χ1n) is 9.30. The Balaban J connectivity index is 1.75. The zero-order valence-corrected chi connectivity index (χ0v) is 15.7. The molecule has 3 aromatic rings. The molecule has 0 aliphatic carbocycles. The van der Waals surface area contributed by atoms with E-state index in [0.717, 1.165) is 11.3 Å². The second kappa shape index (κ2) is 9.32. The van der Waals surface area contributed by atoms with Crippen LogP contribution in [0.4, 0.5) is 11.4 Å². The fourth-order valence-corrected chi connectivity index (χ4v) is 2.70. The molecule has 1 aliphatic heterocycles. The van der Waals surface area contributed by atoms with Crippen LogP contribution in [0.3, 0.4) is 0 Å². The minimum Gasteiger partial charge on any atom is -0.487 e. The highest BCUT2D eigenvalue weighted by molar-refractivity contribution is 5.99. The quantitative estimate of drug-likeness (QED) is 0.558. The van der Waals surface area contributed by atoms with E-state index < -0.39 is 0 Å². The maximum absolute atomic E-state index is 5.85. The van der Waals surface area contributed by atoms with Crippen molar-refractivity contribution in [3.63, 3.8) is 0 Å². The Hall–Kier alpha value is -3.93. The summed E-state index contributed by atoms with van der Waals surface area (Å²) in [5, 5.41) is 13.3. The minimum absolute atomic E-state index is 0.412. The molecule has 6 heteroatoms. The van der Waals surface area contributed by atoms with Gasteiger partial charge in [0.25, 0.3) is 0 Å². The van der Waals surface area contributed by atoms with Gasteiger partial charge in [0.05, 0.1) is 5.69 Å². The van der Waals surface area contributed by atoms with Gasteiger partial charge in [0, 0.05) is 5.56 Å². The Bertz CT molecular complexity index is 1050. The number of benzene rings is 3. The van der Waals surface area contributed by atoms with Crippen molar-refractivity contribution in [2.75, 3.05) is 18.6 Å². The molecule has 4 rings (SSSR count). The molecule has 0 amide bonds. The molecular formula is C23H20N4O2. The number of fused-ring (bicyclic) bond motifs is 2. The fraction of sp³-hybridized carbons (Fsp3) is 0.0870. The molecular weight excluding hydrogens is 364 g/mol. The minimum atomic E-state index is 0.412. The molecule has 144 valence electrons. The van der Waals surface area contributed by atoms with Gasteiger partial charge < -0.3 is 9.47 Å². The number of para-hydroxylation sites is 3. The normalized spacial score (nSPS) is 16.9. The van der Waals surface area contributed by atoms with Crippen LogP contribution in [-0.2, 0) is 0 Å². The number of amidine groups is 1. The van der Waals surface area contributed by atoms with Gasteiger partial charge in [-0.1, -0.05) is 54.6 Å². The third kappa shape index (κ3) is 4.87. The van der Waals surface area contributed by atoms with Crippen LogP contribution in [0, 0.1) is 0 Å². The molecule has 0 bridgehead atoms. The van der Waals surface area contributed by atoms with Crippen LogP contribution in [0.25, 0.3) is 0 Å². The van der Waals surface area contributed by atoms with Gasteiger partial charge in [-0.2, -0.15) is 5.10 Å². The van der Waals surface area contributed by atoms with E-state index in [2.05, 4.69) is 20.8 Å². The largest absolute Gasteiger partial charge is 0.487 e. The first kappa shape index (κ1) is 18.4. The number of rotatable bonds is 1. The Morgan fingerprint density at radius 3 is 2.14 bits per heavy atom. The lowest BCUT2D eigenvalue weighted by atomic mass is 10.2. The Labute approximate surface area is 169 Å². The second-order valence-electron chi connectivity index (χ2n) is 6.17. The van der Waals surface area contributed by atoms with E-state index in [4.69, 9.17) is 9.47 Å². The summed E-state index contributed by atoms with van der Waals surface area (Å²) in [5.74, 6) is 1.80. The van der Waals surface area contributed by atoms with Gasteiger partial charge >= 0.3 is 0 Å². The summed E-state index contributed by atoms with van der Waals surface area (Å²) in [6.45, 7) is 0.836. The van der Waals surface area contributed by atoms with E-state index >= 15 is 0 Å². The highest BCUT2D eigenvalue weighted by Gasteiger charge is 2.07. The number of hydrazone groups is 1. The predicted octanol–water partition coefficient (Wildman–Crippen LogP) is 5.57. The summed E-state index contributed by atoms with van der Waals surface area (Å²) in [7, 11) is 0. The molecule has 0 radical (unpaired) electrons. The second-order valence-corrected chi connectivity index (χ2v) is 6.17. The van der Waals surface area contributed by atoms with Crippen molar-refractivity contribution < 1.29 is 9.47 Å². The summed E-state index contributed by atoms with van der Waals surface area (Å²) in [6.07, 6.45) is 3.83. The molecule has 6 nitrogen and oxygen atoms in total. The summed E-state index contributed by atoms with van der Waals surface area (Å²) in [5.41, 5.74) is 5.28. The van der Waals surface area contributed by atoms with Crippen LogP contribution in [0.15, 0.2) is 106 Å². The lowest BCUT2D eigenvalue weighted by molar-refractivity contribution is 0.351. The van der Waals surface area contributed by atoms with Crippen LogP contribution in [-0.4, -0.2) is 19.0 Å². The molecule has 1 aliphatic rings.